The molecule has 3 atom stereocenters. The van der Waals surface area contributed by atoms with Crippen molar-refractivity contribution >= 4 is 41.2 Å². The number of carbonyl (C=O) groups is 3. The smallest absolute Gasteiger partial charge is 0.333 e. The van der Waals surface area contributed by atoms with Gasteiger partial charge in [0.2, 0.25) is 12.7 Å². The number of nitrogens with zero attached hydrogens (tertiary/aromatic N) is 1. The molecule has 0 saturated carbocycles. The average molecular weight is 350 g/mol. The highest BCUT2D eigenvalue weighted by Gasteiger charge is 2.63. The maximum Gasteiger partial charge on any atom is 0.333 e. The summed E-state index contributed by atoms with van der Waals surface area (Å²) in [6, 6.07) is -0.724. The molecule has 2 aliphatic rings. The number of hydrogen-bond acceptors (Lipinski definition) is 6. The molecule has 0 aromatic heterocycles. The normalized spacial score (nSPS) is 29.6. The molecule has 0 N–H and O–H groups in total. The van der Waals surface area contributed by atoms with Gasteiger partial charge in [-0.05, 0) is 34.6 Å². The Morgan fingerprint density at radius 1 is 1.32 bits per heavy atom. The molecule has 8 heteroatoms. The lowest BCUT2D eigenvalue weighted by molar-refractivity contribution is -0.179. The summed E-state index contributed by atoms with van der Waals surface area (Å²) in [7, 11) is 0. The number of hydrogen-bond donors (Lipinski definition) is 0. The highest BCUT2D eigenvalue weighted by atomic mass is 35.5. The summed E-state index contributed by atoms with van der Waals surface area (Å²) < 4.78 is 9.44. The Morgan fingerprint density at radius 3 is 2.45 bits per heavy atom. The van der Waals surface area contributed by atoms with E-state index in [9.17, 15) is 14.4 Å². The SMILES string of the molecule is CC(C)(C)C(=O)OCOC(=O)[C@@H]1N2C(=O)[C@H](Cl)[C@H]2SC1(C)C. The summed E-state index contributed by atoms with van der Waals surface area (Å²) in [6.45, 7) is 8.39. The third kappa shape index (κ3) is 2.93. The summed E-state index contributed by atoms with van der Waals surface area (Å²) in [5.41, 5.74) is -0.667. The monoisotopic (exact) mass is 349 g/mol. The fourth-order valence-corrected chi connectivity index (χ4v) is 4.31. The van der Waals surface area contributed by atoms with E-state index in [2.05, 4.69) is 0 Å². The molecule has 0 radical (unpaired) electrons. The number of rotatable bonds is 3. The molecule has 1 amide bonds. The second-order valence-corrected chi connectivity index (χ2v) is 9.17. The van der Waals surface area contributed by atoms with Crippen LogP contribution < -0.4 is 0 Å². The van der Waals surface area contributed by atoms with Crippen molar-refractivity contribution in [3.8, 4) is 0 Å². The lowest BCUT2D eigenvalue weighted by atomic mass is 9.97. The maximum atomic E-state index is 12.3. The van der Waals surface area contributed by atoms with Gasteiger partial charge in [0.1, 0.15) is 16.8 Å². The number of amides is 1. The number of ether oxygens (including phenoxy) is 2. The van der Waals surface area contributed by atoms with E-state index < -0.39 is 40.3 Å². The van der Waals surface area contributed by atoms with Crippen LogP contribution in [-0.2, 0) is 23.9 Å². The van der Waals surface area contributed by atoms with Crippen LogP contribution in [-0.4, -0.2) is 51.1 Å². The van der Waals surface area contributed by atoms with Crippen LogP contribution in [0.3, 0.4) is 0 Å². The van der Waals surface area contributed by atoms with Gasteiger partial charge in [-0.1, -0.05) is 0 Å². The number of esters is 2. The lowest BCUT2D eigenvalue weighted by Gasteiger charge is -2.40. The summed E-state index contributed by atoms with van der Waals surface area (Å²) in [5.74, 6) is -1.31. The third-order valence-electron chi connectivity index (χ3n) is 3.60. The Labute approximate surface area is 138 Å². The molecule has 6 nitrogen and oxygen atoms in total. The Balaban J connectivity index is 1.95. The number of alkyl halides is 1. The van der Waals surface area contributed by atoms with Gasteiger partial charge in [0.15, 0.2) is 0 Å². The quantitative estimate of drug-likeness (QED) is 0.334. The van der Waals surface area contributed by atoms with Crippen molar-refractivity contribution in [1.82, 2.24) is 4.90 Å². The minimum Gasteiger partial charge on any atom is -0.427 e. The number of fused-ring (bicyclic) bond motifs is 1. The van der Waals surface area contributed by atoms with E-state index in [0.29, 0.717) is 0 Å². The first-order valence-corrected chi connectivity index (χ1v) is 8.26. The van der Waals surface area contributed by atoms with Gasteiger partial charge in [-0.3, -0.25) is 9.59 Å². The van der Waals surface area contributed by atoms with Crippen LogP contribution in [0, 0.1) is 5.41 Å². The van der Waals surface area contributed by atoms with Crippen molar-refractivity contribution in [3.63, 3.8) is 0 Å². The first-order valence-electron chi connectivity index (χ1n) is 6.95. The number of β-lactam (4-membered cyclic amide) rings is 1. The van der Waals surface area contributed by atoms with Gasteiger partial charge in [0.25, 0.3) is 0 Å². The number of carbonyl (C=O) groups excluding carboxylic acids is 3. The zero-order chi connectivity index (χ0) is 16.9. The molecule has 0 unspecified atom stereocenters. The lowest BCUT2D eigenvalue weighted by Crippen LogP contribution is -2.63. The van der Waals surface area contributed by atoms with E-state index in [0.717, 1.165) is 0 Å². The Bertz CT molecular complexity index is 516. The molecule has 22 heavy (non-hydrogen) atoms. The van der Waals surface area contributed by atoms with Crippen LogP contribution in [0.15, 0.2) is 0 Å². The fraction of sp³-hybridized carbons (Fsp3) is 0.786. The summed E-state index contributed by atoms with van der Waals surface area (Å²) in [5, 5.41) is -0.806. The molecular formula is C14H20ClNO5S. The van der Waals surface area contributed by atoms with Gasteiger partial charge in [-0.25, -0.2) is 4.79 Å². The van der Waals surface area contributed by atoms with Gasteiger partial charge < -0.3 is 14.4 Å². The van der Waals surface area contributed by atoms with Crippen molar-refractivity contribution in [1.29, 1.82) is 0 Å². The van der Waals surface area contributed by atoms with E-state index in [1.807, 2.05) is 13.8 Å². The topological polar surface area (TPSA) is 72.9 Å². The molecule has 124 valence electrons. The molecule has 0 bridgehead atoms. The highest BCUT2D eigenvalue weighted by Crippen LogP contribution is 2.52. The van der Waals surface area contributed by atoms with Gasteiger partial charge >= 0.3 is 11.9 Å². The van der Waals surface area contributed by atoms with Crippen molar-refractivity contribution in [2.75, 3.05) is 6.79 Å². The number of thioether (sulfide) groups is 1. The van der Waals surface area contributed by atoms with E-state index in [1.165, 1.54) is 16.7 Å². The van der Waals surface area contributed by atoms with Crippen LogP contribution >= 0.6 is 23.4 Å². The molecule has 2 heterocycles. The van der Waals surface area contributed by atoms with Gasteiger partial charge in [0, 0.05) is 4.75 Å². The summed E-state index contributed by atoms with van der Waals surface area (Å²) in [4.78, 5) is 37.2. The number of halogens is 1. The van der Waals surface area contributed by atoms with Crippen molar-refractivity contribution in [3.05, 3.63) is 0 Å². The van der Waals surface area contributed by atoms with Crippen molar-refractivity contribution in [2.24, 2.45) is 5.41 Å². The van der Waals surface area contributed by atoms with E-state index in [1.54, 1.807) is 20.8 Å². The minimum absolute atomic E-state index is 0.209. The van der Waals surface area contributed by atoms with Gasteiger partial charge in [0.05, 0.1) is 5.41 Å². The molecular weight excluding hydrogens is 330 g/mol. The molecule has 2 fully saturated rings. The molecule has 2 saturated heterocycles. The van der Waals surface area contributed by atoms with E-state index >= 15 is 0 Å². The summed E-state index contributed by atoms with van der Waals surface area (Å²) >= 11 is 7.43. The van der Waals surface area contributed by atoms with Crippen LogP contribution in [0.5, 0.6) is 0 Å². The first-order chi connectivity index (χ1) is 9.97. The molecule has 0 aromatic carbocycles. The third-order valence-corrected chi connectivity index (χ3v) is 5.75. The van der Waals surface area contributed by atoms with Crippen LogP contribution in [0.2, 0.25) is 0 Å². The van der Waals surface area contributed by atoms with E-state index in [4.69, 9.17) is 21.1 Å². The Morgan fingerprint density at radius 2 is 1.91 bits per heavy atom. The zero-order valence-corrected chi connectivity index (χ0v) is 14.8. The largest absolute Gasteiger partial charge is 0.427 e. The molecule has 2 aliphatic heterocycles. The van der Waals surface area contributed by atoms with Crippen LogP contribution in [0.25, 0.3) is 0 Å². The fourth-order valence-electron chi connectivity index (χ4n) is 2.38. The predicted molar refractivity (Wildman–Crippen MR) is 82.2 cm³/mol. The first kappa shape index (κ1) is 17.4. The zero-order valence-electron chi connectivity index (χ0n) is 13.2. The molecule has 0 spiro atoms. The average Bonchev–Trinajstić information content (AvgIpc) is 2.65. The van der Waals surface area contributed by atoms with Crippen molar-refractivity contribution in [2.45, 2.75) is 56.2 Å². The van der Waals surface area contributed by atoms with Gasteiger partial charge in [-0.2, -0.15) is 0 Å². The van der Waals surface area contributed by atoms with Crippen molar-refractivity contribution < 1.29 is 23.9 Å². The molecule has 2 rings (SSSR count). The molecule has 0 aliphatic carbocycles. The van der Waals surface area contributed by atoms with Crippen LogP contribution in [0.4, 0.5) is 0 Å². The second kappa shape index (κ2) is 5.60. The maximum absolute atomic E-state index is 12.3. The summed E-state index contributed by atoms with van der Waals surface area (Å²) in [6.07, 6.45) is 0. The second-order valence-electron chi connectivity index (χ2n) is 6.92. The molecule has 0 aromatic rings. The predicted octanol–water partition coefficient (Wildman–Crippen LogP) is 1.75. The van der Waals surface area contributed by atoms with E-state index in [-0.39, 0.29) is 11.3 Å². The Hall–Kier alpha value is -0.950. The van der Waals surface area contributed by atoms with Gasteiger partial charge in [-0.15, -0.1) is 23.4 Å². The standard InChI is InChI=1S/C14H20ClNO5S/c1-13(2,3)12(19)21-6-20-11(18)8-14(4,5)22-10-7(15)9(17)16(8)10/h7-8,10H,6H2,1-5H3/t7-,8-,10+/m0/s1. The minimum atomic E-state index is -0.724. The highest BCUT2D eigenvalue weighted by molar-refractivity contribution is 8.01. The Kier molecular flexibility index (Phi) is 4.43. The van der Waals surface area contributed by atoms with Crippen LogP contribution in [0.1, 0.15) is 34.6 Å².